The highest BCUT2D eigenvalue weighted by Crippen LogP contribution is 2.30. The molecule has 0 amide bonds. The third-order valence-electron chi connectivity index (χ3n) is 2.87. The molecule has 0 fully saturated rings. The fraction of sp³-hybridized carbons (Fsp3) is 0.286. The maximum absolute atomic E-state index is 12.2. The third-order valence-corrected chi connectivity index (χ3v) is 3.02. The van der Waals surface area contributed by atoms with Gasteiger partial charge in [0.05, 0.1) is 20.3 Å². The van der Waals surface area contributed by atoms with Crippen LogP contribution in [0.1, 0.15) is 23.0 Å². The maximum Gasteiger partial charge on any atom is 0.342 e. The summed E-state index contributed by atoms with van der Waals surface area (Å²) >= 11 is 4.76. The fourth-order valence-corrected chi connectivity index (χ4v) is 2.05. The summed E-state index contributed by atoms with van der Waals surface area (Å²) in [4.78, 5) is 12.2. The van der Waals surface area contributed by atoms with Crippen molar-refractivity contribution in [1.29, 1.82) is 0 Å². The number of nitrogens with one attached hydrogen (secondary N) is 1. The van der Waals surface area contributed by atoms with Gasteiger partial charge in [-0.15, -0.1) is 0 Å². The number of nitrogens with two attached hydrogens (primary N) is 1. The van der Waals surface area contributed by atoms with Gasteiger partial charge in [-0.05, 0) is 37.3 Å². The molecule has 2 aromatic rings. The zero-order chi connectivity index (χ0) is 15.4. The van der Waals surface area contributed by atoms with Crippen LogP contribution in [0.15, 0.2) is 22.6 Å². The molecule has 1 aromatic heterocycles. The van der Waals surface area contributed by atoms with Gasteiger partial charge in [0.25, 0.3) is 0 Å². The van der Waals surface area contributed by atoms with E-state index >= 15 is 0 Å². The summed E-state index contributed by atoms with van der Waals surface area (Å²) in [5.41, 5.74) is 6.33. The average Bonchev–Trinajstić information content (AvgIpc) is 2.82. The van der Waals surface area contributed by atoms with E-state index in [-0.39, 0.29) is 18.3 Å². The van der Waals surface area contributed by atoms with Crippen LogP contribution in [0.25, 0.3) is 11.0 Å². The smallest absolute Gasteiger partial charge is 0.342 e. The second-order valence-electron chi connectivity index (χ2n) is 4.20. The summed E-state index contributed by atoms with van der Waals surface area (Å²) in [5.74, 6) is 0.594. The van der Waals surface area contributed by atoms with E-state index in [2.05, 4.69) is 5.32 Å². The molecular weight excluding hydrogens is 292 g/mol. The van der Waals surface area contributed by atoms with Crippen LogP contribution in [0.3, 0.4) is 0 Å². The van der Waals surface area contributed by atoms with Gasteiger partial charge >= 0.3 is 5.97 Å². The quantitative estimate of drug-likeness (QED) is 0.645. The topological polar surface area (TPSA) is 86.7 Å². The molecule has 0 saturated carbocycles. The Morgan fingerprint density at radius 3 is 2.86 bits per heavy atom. The molecule has 112 valence electrons. The van der Waals surface area contributed by atoms with Crippen LogP contribution in [-0.2, 0) is 11.3 Å². The van der Waals surface area contributed by atoms with E-state index in [0.29, 0.717) is 28.0 Å². The number of furan rings is 1. The van der Waals surface area contributed by atoms with Crippen molar-refractivity contribution in [2.24, 2.45) is 5.73 Å². The standard InChI is InChI=1S/C14H16N2O4S/c1-3-19-13(17)12-9-6-8(18-2)4-5-10(9)20-11(12)7-16-14(15)21/h4-6H,3,7H2,1-2H3,(H3,15,16,21). The van der Waals surface area contributed by atoms with Gasteiger partial charge in [0.15, 0.2) is 5.11 Å². The maximum atomic E-state index is 12.2. The summed E-state index contributed by atoms with van der Waals surface area (Å²) in [5, 5.41) is 3.52. The molecule has 0 spiro atoms. The number of ether oxygens (including phenoxy) is 2. The summed E-state index contributed by atoms with van der Waals surface area (Å²) in [6, 6.07) is 5.22. The SMILES string of the molecule is CCOC(=O)c1c(CNC(N)=S)oc2ccc(OC)cc12. The van der Waals surface area contributed by atoms with Gasteiger partial charge in [0.1, 0.15) is 22.7 Å². The first-order valence-electron chi connectivity index (χ1n) is 6.36. The molecule has 2 rings (SSSR count). The molecule has 0 saturated heterocycles. The number of rotatable bonds is 5. The lowest BCUT2D eigenvalue weighted by atomic mass is 10.1. The summed E-state index contributed by atoms with van der Waals surface area (Å²) < 4.78 is 15.9. The molecule has 6 nitrogen and oxygen atoms in total. The minimum atomic E-state index is -0.454. The van der Waals surface area contributed by atoms with Crippen LogP contribution >= 0.6 is 12.2 Å². The van der Waals surface area contributed by atoms with Crippen molar-refractivity contribution < 1.29 is 18.7 Å². The predicted octanol–water partition coefficient (Wildman–Crippen LogP) is 1.95. The number of hydrogen-bond donors (Lipinski definition) is 2. The zero-order valence-electron chi connectivity index (χ0n) is 11.8. The molecule has 0 aliphatic heterocycles. The molecular formula is C14H16N2O4S. The van der Waals surface area contributed by atoms with E-state index in [1.165, 1.54) is 0 Å². The predicted molar refractivity (Wildman–Crippen MR) is 82.3 cm³/mol. The Kier molecular flexibility index (Phi) is 4.64. The molecule has 7 heteroatoms. The Morgan fingerprint density at radius 2 is 2.24 bits per heavy atom. The highest BCUT2D eigenvalue weighted by molar-refractivity contribution is 7.80. The van der Waals surface area contributed by atoms with Crippen LogP contribution in [0.4, 0.5) is 0 Å². The van der Waals surface area contributed by atoms with Gasteiger partial charge in [-0.1, -0.05) is 0 Å². The summed E-state index contributed by atoms with van der Waals surface area (Å²) in [7, 11) is 1.56. The van der Waals surface area contributed by atoms with E-state index in [9.17, 15) is 4.79 Å². The Balaban J connectivity index is 2.52. The number of benzene rings is 1. The molecule has 0 bridgehead atoms. The van der Waals surface area contributed by atoms with E-state index in [1.54, 1.807) is 32.2 Å². The minimum Gasteiger partial charge on any atom is -0.497 e. The van der Waals surface area contributed by atoms with E-state index in [1.807, 2.05) is 0 Å². The highest BCUT2D eigenvalue weighted by atomic mass is 32.1. The van der Waals surface area contributed by atoms with Crippen molar-refractivity contribution in [3.05, 3.63) is 29.5 Å². The molecule has 0 unspecified atom stereocenters. The van der Waals surface area contributed by atoms with Crippen LogP contribution in [0.2, 0.25) is 0 Å². The Bertz CT molecular complexity index is 681. The van der Waals surface area contributed by atoms with Crippen LogP contribution < -0.4 is 15.8 Å². The van der Waals surface area contributed by atoms with Crippen LogP contribution in [0, 0.1) is 0 Å². The van der Waals surface area contributed by atoms with Gasteiger partial charge in [-0.2, -0.15) is 0 Å². The Labute approximate surface area is 127 Å². The van der Waals surface area contributed by atoms with Gasteiger partial charge in [0.2, 0.25) is 0 Å². The summed E-state index contributed by atoms with van der Waals surface area (Å²) in [6.07, 6.45) is 0. The van der Waals surface area contributed by atoms with Crippen molar-refractivity contribution >= 4 is 34.3 Å². The first-order valence-corrected chi connectivity index (χ1v) is 6.77. The number of carbonyl (C=O) groups excluding carboxylic acids is 1. The monoisotopic (exact) mass is 308 g/mol. The normalized spacial score (nSPS) is 10.4. The minimum absolute atomic E-state index is 0.128. The van der Waals surface area contributed by atoms with Gasteiger partial charge < -0.3 is 24.9 Å². The second kappa shape index (κ2) is 6.45. The van der Waals surface area contributed by atoms with Gasteiger partial charge in [-0.25, -0.2) is 4.79 Å². The molecule has 3 N–H and O–H groups in total. The number of esters is 1. The third kappa shape index (κ3) is 3.25. The number of hydrogen-bond acceptors (Lipinski definition) is 5. The van der Waals surface area contributed by atoms with Crippen molar-refractivity contribution in [2.45, 2.75) is 13.5 Å². The van der Waals surface area contributed by atoms with Crippen molar-refractivity contribution in [2.75, 3.05) is 13.7 Å². The Morgan fingerprint density at radius 1 is 1.48 bits per heavy atom. The second-order valence-corrected chi connectivity index (χ2v) is 4.64. The largest absolute Gasteiger partial charge is 0.497 e. The van der Waals surface area contributed by atoms with Crippen LogP contribution in [0.5, 0.6) is 5.75 Å². The zero-order valence-corrected chi connectivity index (χ0v) is 12.6. The molecule has 1 aromatic carbocycles. The van der Waals surface area contributed by atoms with E-state index < -0.39 is 5.97 Å². The first kappa shape index (κ1) is 15.1. The lowest BCUT2D eigenvalue weighted by Gasteiger charge is -2.05. The summed E-state index contributed by atoms with van der Waals surface area (Å²) in [6.45, 7) is 2.23. The van der Waals surface area contributed by atoms with Gasteiger partial charge in [-0.3, -0.25) is 0 Å². The van der Waals surface area contributed by atoms with Crippen molar-refractivity contribution in [3.8, 4) is 5.75 Å². The molecule has 21 heavy (non-hydrogen) atoms. The Hall–Kier alpha value is -2.28. The molecule has 0 aliphatic carbocycles. The lowest BCUT2D eigenvalue weighted by molar-refractivity contribution is 0.0525. The molecule has 0 aliphatic rings. The number of carbonyl (C=O) groups is 1. The van der Waals surface area contributed by atoms with Gasteiger partial charge in [0, 0.05) is 5.39 Å². The first-order chi connectivity index (χ1) is 10.1. The van der Waals surface area contributed by atoms with E-state index in [0.717, 1.165) is 0 Å². The highest BCUT2D eigenvalue weighted by Gasteiger charge is 2.22. The van der Waals surface area contributed by atoms with Crippen molar-refractivity contribution in [3.63, 3.8) is 0 Å². The fourth-order valence-electron chi connectivity index (χ4n) is 1.97. The molecule has 0 radical (unpaired) electrons. The number of thiocarbonyl (C=S) groups is 1. The van der Waals surface area contributed by atoms with E-state index in [4.69, 9.17) is 31.8 Å². The van der Waals surface area contributed by atoms with Crippen LogP contribution in [-0.4, -0.2) is 24.8 Å². The molecule has 1 heterocycles. The van der Waals surface area contributed by atoms with Crippen molar-refractivity contribution in [1.82, 2.24) is 5.32 Å². The number of fused-ring (bicyclic) bond motifs is 1. The average molecular weight is 308 g/mol. The molecule has 0 atom stereocenters. The number of methoxy groups -OCH3 is 1. The lowest BCUT2D eigenvalue weighted by Crippen LogP contribution is -2.28.